The normalized spacial score (nSPS) is 33.1. The molecule has 2 nitrogen and oxygen atoms in total. The van der Waals surface area contributed by atoms with Crippen LogP contribution in [0.15, 0.2) is 12.2 Å². The highest BCUT2D eigenvalue weighted by atomic mass is 16.5. The first kappa shape index (κ1) is 11.2. The lowest BCUT2D eigenvalue weighted by molar-refractivity contribution is -0.0439. The Morgan fingerprint density at radius 2 is 2.00 bits per heavy atom. The van der Waals surface area contributed by atoms with E-state index in [0.717, 1.165) is 18.8 Å². The highest BCUT2D eigenvalue weighted by Gasteiger charge is 2.27. The third-order valence-corrected chi connectivity index (χ3v) is 3.66. The maximum atomic E-state index is 8.90. The molecule has 0 amide bonds. The van der Waals surface area contributed by atoms with Crippen LogP contribution in [0.1, 0.15) is 44.9 Å². The molecule has 0 unspecified atom stereocenters. The maximum absolute atomic E-state index is 8.90. The van der Waals surface area contributed by atoms with Crippen LogP contribution < -0.4 is 0 Å². The fourth-order valence-electron chi connectivity index (χ4n) is 2.79. The van der Waals surface area contributed by atoms with E-state index in [1.54, 1.807) is 0 Å². The van der Waals surface area contributed by atoms with E-state index >= 15 is 0 Å². The van der Waals surface area contributed by atoms with Crippen molar-refractivity contribution in [1.29, 1.82) is 0 Å². The second-order valence-corrected chi connectivity index (χ2v) is 4.79. The van der Waals surface area contributed by atoms with Crippen LogP contribution in [0.25, 0.3) is 0 Å². The van der Waals surface area contributed by atoms with E-state index in [2.05, 4.69) is 12.2 Å². The van der Waals surface area contributed by atoms with Crippen LogP contribution in [0.3, 0.4) is 0 Å². The lowest BCUT2D eigenvalue weighted by Crippen LogP contribution is -2.32. The molecular formula is C13H22O2. The van der Waals surface area contributed by atoms with Gasteiger partial charge in [-0.2, -0.15) is 0 Å². The van der Waals surface area contributed by atoms with Crippen LogP contribution in [0.5, 0.6) is 0 Å². The summed E-state index contributed by atoms with van der Waals surface area (Å²) in [7, 11) is 0. The Bertz CT molecular complexity index is 207. The molecule has 2 atom stereocenters. The highest BCUT2D eigenvalue weighted by molar-refractivity contribution is 4.97. The zero-order valence-corrected chi connectivity index (χ0v) is 9.40. The van der Waals surface area contributed by atoms with Gasteiger partial charge in [-0.3, -0.25) is 0 Å². The molecule has 1 fully saturated rings. The first-order valence-corrected chi connectivity index (χ1v) is 6.33. The molecule has 2 aliphatic rings. The topological polar surface area (TPSA) is 29.5 Å². The van der Waals surface area contributed by atoms with E-state index in [9.17, 15) is 0 Å². The van der Waals surface area contributed by atoms with Gasteiger partial charge in [-0.15, -0.1) is 0 Å². The third kappa shape index (κ3) is 3.05. The van der Waals surface area contributed by atoms with Crippen molar-refractivity contribution >= 4 is 0 Å². The zero-order chi connectivity index (χ0) is 10.5. The summed E-state index contributed by atoms with van der Waals surface area (Å²) in [5.74, 6) is 0.768. The molecule has 0 aromatic carbocycles. The SMILES string of the molecule is OCC[C@@H]1C=CC[C@H](C2CCCCC2)O1. The number of ether oxygens (including phenoxy) is 1. The van der Waals surface area contributed by atoms with Crippen LogP contribution >= 0.6 is 0 Å². The Morgan fingerprint density at radius 1 is 1.20 bits per heavy atom. The maximum Gasteiger partial charge on any atom is 0.0781 e. The fraction of sp³-hybridized carbons (Fsp3) is 0.846. The average molecular weight is 210 g/mol. The van der Waals surface area contributed by atoms with Gasteiger partial charge >= 0.3 is 0 Å². The molecule has 0 aromatic heterocycles. The summed E-state index contributed by atoms with van der Waals surface area (Å²) in [6, 6.07) is 0. The van der Waals surface area contributed by atoms with Gasteiger partial charge in [0.1, 0.15) is 0 Å². The van der Waals surface area contributed by atoms with Crippen molar-refractivity contribution in [3.8, 4) is 0 Å². The Hall–Kier alpha value is -0.340. The van der Waals surface area contributed by atoms with Gasteiger partial charge in [0.15, 0.2) is 0 Å². The zero-order valence-electron chi connectivity index (χ0n) is 9.40. The number of rotatable bonds is 3. The summed E-state index contributed by atoms with van der Waals surface area (Å²) in [5.41, 5.74) is 0. The Kier molecular flexibility index (Phi) is 4.21. The van der Waals surface area contributed by atoms with Crippen molar-refractivity contribution in [1.82, 2.24) is 0 Å². The fourth-order valence-corrected chi connectivity index (χ4v) is 2.79. The van der Waals surface area contributed by atoms with Crippen molar-refractivity contribution in [3.63, 3.8) is 0 Å². The second kappa shape index (κ2) is 5.66. The molecule has 15 heavy (non-hydrogen) atoms. The molecule has 2 heteroatoms. The lowest BCUT2D eigenvalue weighted by Gasteiger charge is -2.34. The standard InChI is InChI=1S/C13H22O2/c14-10-9-12-7-4-8-13(15-12)11-5-2-1-3-6-11/h4,7,11-14H,1-3,5-6,8-10H2/t12-,13+/m0/s1. The van der Waals surface area contributed by atoms with Gasteiger partial charge in [-0.25, -0.2) is 0 Å². The minimum atomic E-state index is 0.163. The summed E-state index contributed by atoms with van der Waals surface area (Å²) >= 11 is 0. The third-order valence-electron chi connectivity index (χ3n) is 3.66. The van der Waals surface area contributed by atoms with Gasteiger partial charge in [0.25, 0.3) is 0 Å². The van der Waals surface area contributed by atoms with Gasteiger partial charge in [-0.1, -0.05) is 31.4 Å². The van der Waals surface area contributed by atoms with Crippen LogP contribution in [-0.4, -0.2) is 23.9 Å². The van der Waals surface area contributed by atoms with Gasteiger partial charge in [0.05, 0.1) is 12.2 Å². The van der Waals surface area contributed by atoms with E-state index < -0.39 is 0 Å². The van der Waals surface area contributed by atoms with Crippen molar-refractivity contribution in [3.05, 3.63) is 12.2 Å². The predicted molar refractivity (Wildman–Crippen MR) is 60.7 cm³/mol. The lowest BCUT2D eigenvalue weighted by atomic mass is 9.83. The monoisotopic (exact) mass is 210 g/mol. The summed E-state index contributed by atoms with van der Waals surface area (Å²) in [6.07, 6.45) is 13.6. The van der Waals surface area contributed by atoms with Gasteiger partial charge in [-0.05, 0) is 25.2 Å². The Balaban J connectivity index is 1.85. The van der Waals surface area contributed by atoms with Crippen molar-refractivity contribution in [2.45, 2.75) is 57.2 Å². The second-order valence-electron chi connectivity index (χ2n) is 4.79. The van der Waals surface area contributed by atoms with Gasteiger partial charge in [0.2, 0.25) is 0 Å². The van der Waals surface area contributed by atoms with Crippen molar-refractivity contribution in [2.24, 2.45) is 5.92 Å². The van der Waals surface area contributed by atoms with Crippen LogP contribution in [-0.2, 0) is 4.74 Å². The molecule has 1 heterocycles. The van der Waals surface area contributed by atoms with Crippen molar-refractivity contribution < 1.29 is 9.84 Å². The number of aliphatic hydroxyl groups is 1. The van der Waals surface area contributed by atoms with Crippen molar-refractivity contribution in [2.75, 3.05) is 6.61 Å². The molecule has 0 radical (unpaired) electrons. The molecule has 0 aromatic rings. The molecular weight excluding hydrogens is 188 g/mol. The van der Waals surface area contributed by atoms with Crippen LogP contribution in [0.2, 0.25) is 0 Å². The van der Waals surface area contributed by atoms with E-state index in [1.807, 2.05) is 0 Å². The van der Waals surface area contributed by atoms with Gasteiger partial charge < -0.3 is 9.84 Å². The van der Waals surface area contributed by atoms with Crippen LogP contribution in [0.4, 0.5) is 0 Å². The highest BCUT2D eigenvalue weighted by Crippen LogP contribution is 2.32. The molecule has 1 aliphatic carbocycles. The number of hydrogen-bond donors (Lipinski definition) is 1. The first-order valence-electron chi connectivity index (χ1n) is 6.33. The summed E-state index contributed by atoms with van der Waals surface area (Å²) in [4.78, 5) is 0. The molecule has 0 saturated heterocycles. The quantitative estimate of drug-likeness (QED) is 0.726. The smallest absolute Gasteiger partial charge is 0.0781 e. The first-order chi connectivity index (χ1) is 7.40. The predicted octanol–water partition coefficient (Wildman–Crippen LogP) is 2.66. The molecule has 0 spiro atoms. The Morgan fingerprint density at radius 3 is 2.73 bits per heavy atom. The number of hydrogen-bond acceptors (Lipinski definition) is 2. The van der Waals surface area contributed by atoms with Crippen LogP contribution in [0, 0.1) is 5.92 Å². The van der Waals surface area contributed by atoms with E-state index in [4.69, 9.17) is 9.84 Å². The Labute approximate surface area is 92.3 Å². The van der Waals surface area contributed by atoms with E-state index in [1.165, 1.54) is 32.1 Å². The average Bonchev–Trinajstić information content (AvgIpc) is 2.31. The molecule has 1 saturated carbocycles. The van der Waals surface area contributed by atoms with E-state index in [0.29, 0.717) is 6.10 Å². The molecule has 1 aliphatic heterocycles. The molecule has 2 rings (SSSR count). The van der Waals surface area contributed by atoms with E-state index in [-0.39, 0.29) is 12.7 Å². The molecule has 0 bridgehead atoms. The minimum absolute atomic E-state index is 0.163. The molecule has 1 N–H and O–H groups in total. The van der Waals surface area contributed by atoms with Gasteiger partial charge in [0, 0.05) is 13.0 Å². The minimum Gasteiger partial charge on any atom is -0.396 e. The summed E-state index contributed by atoms with van der Waals surface area (Å²) in [6.45, 7) is 0.229. The molecule has 86 valence electrons. The number of aliphatic hydroxyl groups excluding tert-OH is 1. The largest absolute Gasteiger partial charge is 0.396 e. The summed E-state index contributed by atoms with van der Waals surface area (Å²) in [5, 5.41) is 8.90. The summed E-state index contributed by atoms with van der Waals surface area (Å²) < 4.78 is 6.02.